The van der Waals surface area contributed by atoms with E-state index >= 15 is 0 Å². The van der Waals surface area contributed by atoms with Crippen LogP contribution in [0.25, 0.3) is 0 Å². The fraction of sp³-hybridized carbons (Fsp3) is 1.00. The first-order valence-corrected chi connectivity index (χ1v) is 8.97. The largest absolute Gasteiger partial charge is 0.395 e. The van der Waals surface area contributed by atoms with Gasteiger partial charge in [-0.1, -0.05) is 12.8 Å². The molecular formula is C17H32N2O2. The first-order valence-electron chi connectivity index (χ1n) is 8.97. The van der Waals surface area contributed by atoms with Gasteiger partial charge in [-0.3, -0.25) is 4.90 Å². The van der Waals surface area contributed by atoms with E-state index in [0.29, 0.717) is 12.6 Å². The van der Waals surface area contributed by atoms with Crippen LogP contribution in [-0.4, -0.2) is 61.5 Å². The summed E-state index contributed by atoms with van der Waals surface area (Å²) in [6, 6.07) is 1.13. The van der Waals surface area contributed by atoms with Crippen LogP contribution >= 0.6 is 0 Å². The zero-order chi connectivity index (χ0) is 14.5. The Hall–Kier alpha value is -0.160. The van der Waals surface area contributed by atoms with E-state index in [2.05, 4.69) is 10.2 Å². The molecule has 0 radical (unpaired) electrons. The topological polar surface area (TPSA) is 44.7 Å². The van der Waals surface area contributed by atoms with Gasteiger partial charge < -0.3 is 15.2 Å². The molecule has 4 nitrogen and oxygen atoms in total. The molecule has 122 valence electrons. The van der Waals surface area contributed by atoms with Gasteiger partial charge in [-0.05, 0) is 45.1 Å². The average molecular weight is 296 g/mol. The van der Waals surface area contributed by atoms with Crippen molar-refractivity contribution in [2.75, 3.05) is 39.5 Å². The molecule has 2 aliphatic heterocycles. The number of hydrogen-bond donors (Lipinski definition) is 2. The van der Waals surface area contributed by atoms with Gasteiger partial charge in [-0.2, -0.15) is 0 Å². The second kappa shape index (κ2) is 7.40. The van der Waals surface area contributed by atoms with E-state index in [4.69, 9.17) is 4.74 Å². The van der Waals surface area contributed by atoms with Gasteiger partial charge in [0.05, 0.1) is 13.2 Å². The Balaban J connectivity index is 1.63. The van der Waals surface area contributed by atoms with Gasteiger partial charge >= 0.3 is 0 Å². The molecule has 2 saturated heterocycles. The minimum atomic E-state index is 0.262. The van der Waals surface area contributed by atoms with E-state index in [0.717, 1.165) is 45.3 Å². The fourth-order valence-corrected chi connectivity index (χ4v) is 3.96. The molecule has 0 aromatic heterocycles. The van der Waals surface area contributed by atoms with Crippen LogP contribution in [-0.2, 0) is 4.74 Å². The Morgan fingerprint density at radius 2 is 2.05 bits per heavy atom. The molecule has 21 heavy (non-hydrogen) atoms. The van der Waals surface area contributed by atoms with Gasteiger partial charge in [0.15, 0.2) is 0 Å². The van der Waals surface area contributed by atoms with Crippen LogP contribution < -0.4 is 5.32 Å². The average Bonchev–Trinajstić information content (AvgIpc) is 3.34. The summed E-state index contributed by atoms with van der Waals surface area (Å²) in [5.74, 6) is 0. The van der Waals surface area contributed by atoms with Crippen molar-refractivity contribution in [3.8, 4) is 0 Å². The third kappa shape index (κ3) is 4.41. The molecule has 1 aliphatic carbocycles. The number of likely N-dealkylation sites (tertiary alicyclic amines) is 1. The Bertz CT molecular complexity index is 314. The lowest BCUT2D eigenvalue weighted by molar-refractivity contribution is -0.0368. The zero-order valence-corrected chi connectivity index (χ0v) is 13.4. The number of nitrogens with zero attached hydrogens (tertiary/aromatic N) is 1. The summed E-state index contributed by atoms with van der Waals surface area (Å²) in [6.45, 7) is 5.46. The van der Waals surface area contributed by atoms with Crippen molar-refractivity contribution in [2.45, 2.75) is 63.5 Å². The van der Waals surface area contributed by atoms with Gasteiger partial charge in [-0.15, -0.1) is 0 Å². The first-order chi connectivity index (χ1) is 10.3. The highest BCUT2D eigenvalue weighted by Crippen LogP contribution is 2.32. The van der Waals surface area contributed by atoms with Crippen molar-refractivity contribution < 1.29 is 9.84 Å². The Kier molecular flexibility index (Phi) is 5.54. The molecule has 2 unspecified atom stereocenters. The summed E-state index contributed by atoms with van der Waals surface area (Å²) >= 11 is 0. The van der Waals surface area contributed by atoms with Crippen LogP contribution in [0.4, 0.5) is 0 Å². The molecule has 3 rings (SSSR count). The van der Waals surface area contributed by atoms with Crippen molar-refractivity contribution in [3.63, 3.8) is 0 Å². The van der Waals surface area contributed by atoms with Crippen LogP contribution in [0.1, 0.15) is 51.4 Å². The lowest BCUT2D eigenvalue weighted by atomic mass is 9.81. The zero-order valence-electron chi connectivity index (χ0n) is 13.4. The Labute approximate surface area is 129 Å². The second-order valence-electron chi connectivity index (χ2n) is 7.47. The third-order valence-corrected chi connectivity index (χ3v) is 5.50. The molecule has 0 amide bonds. The van der Waals surface area contributed by atoms with Gasteiger partial charge in [0.2, 0.25) is 0 Å². The van der Waals surface area contributed by atoms with E-state index in [1.165, 1.54) is 44.9 Å². The summed E-state index contributed by atoms with van der Waals surface area (Å²) < 4.78 is 5.85. The monoisotopic (exact) mass is 296 g/mol. The van der Waals surface area contributed by atoms with Crippen molar-refractivity contribution in [2.24, 2.45) is 5.41 Å². The number of aliphatic hydroxyl groups excluding tert-OH is 1. The lowest BCUT2D eigenvalue weighted by Crippen LogP contribution is -2.52. The minimum Gasteiger partial charge on any atom is -0.395 e. The Morgan fingerprint density at radius 1 is 1.14 bits per heavy atom. The van der Waals surface area contributed by atoms with Crippen LogP contribution in [0.3, 0.4) is 0 Å². The van der Waals surface area contributed by atoms with Crippen molar-refractivity contribution in [1.82, 2.24) is 10.2 Å². The molecule has 0 aromatic rings. The highest BCUT2D eigenvalue weighted by atomic mass is 16.5. The van der Waals surface area contributed by atoms with Crippen LogP contribution in [0, 0.1) is 5.41 Å². The maximum Gasteiger partial charge on any atom is 0.0586 e. The van der Waals surface area contributed by atoms with Gasteiger partial charge in [0, 0.05) is 37.2 Å². The SMILES string of the molecule is OCC1CCCCCN1CC1(CNC2CC2)CCCOC1. The Morgan fingerprint density at radius 3 is 2.76 bits per heavy atom. The fourth-order valence-electron chi connectivity index (χ4n) is 3.96. The minimum absolute atomic E-state index is 0.262. The van der Waals surface area contributed by atoms with E-state index in [1.807, 2.05) is 0 Å². The quantitative estimate of drug-likeness (QED) is 0.784. The summed E-state index contributed by atoms with van der Waals surface area (Å²) in [5.41, 5.74) is 0.262. The molecule has 3 aliphatic rings. The molecular weight excluding hydrogens is 264 g/mol. The molecule has 4 heteroatoms. The number of hydrogen-bond acceptors (Lipinski definition) is 4. The van der Waals surface area contributed by atoms with Crippen LogP contribution in [0.15, 0.2) is 0 Å². The maximum absolute atomic E-state index is 9.74. The summed E-state index contributed by atoms with van der Waals surface area (Å²) in [5, 5.41) is 13.5. The highest BCUT2D eigenvalue weighted by Gasteiger charge is 2.38. The smallest absolute Gasteiger partial charge is 0.0586 e. The summed E-state index contributed by atoms with van der Waals surface area (Å²) in [7, 11) is 0. The molecule has 0 spiro atoms. The van der Waals surface area contributed by atoms with Crippen LogP contribution in [0.2, 0.25) is 0 Å². The van der Waals surface area contributed by atoms with Crippen molar-refractivity contribution >= 4 is 0 Å². The third-order valence-electron chi connectivity index (χ3n) is 5.50. The molecule has 0 aromatic carbocycles. The van der Waals surface area contributed by atoms with E-state index < -0.39 is 0 Å². The van der Waals surface area contributed by atoms with E-state index in [9.17, 15) is 5.11 Å². The first kappa shape index (κ1) is 15.7. The molecule has 2 heterocycles. The normalized spacial score (nSPS) is 35.6. The van der Waals surface area contributed by atoms with Crippen LogP contribution in [0.5, 0.6) is 0 Å². The summed E-state index contributed by atoms with van der Waals surface area (Å²) in [4.78, 5) is 2.57. The number of rotatable bonds is 6. The summed E-state index contributed by atoms with van der Waals surface area (Å²) in [6.07, 6.45) is 10.2. The molecule has 0 bridgehead atoms. The van der Waals surface area contributed by atoms with E-state index in [1.54, 1.807) is 0 Å². The number of nitrogens with one attached hydrogen (secondary N) is 1. The van der Waals surface area contributed by atoms with Gasteiger partial charge in [0.1, 0.15) is 0 Å². The second-order valence-corrected chi connectivity index (χ2v) is 7.47. The van der Waals surface area contributed by atoms with Gasteiger partial charge in [-0.25, -0.2) is 0 Å². The number of aliphatic hydroxyl groups is 1. The van der Waals surface area contributed by atoms with Gasteiger partial charge in [0.25, 0.3) is 0 Å². The molecule has 3 fully saturated rings. The predicted octanol–water partition coefficient (Wildman–Crippen LogP) is 1.77. The lowest BCUT2D eigenvalue weighted by Gasteiger charge is -2.43. The van der Waals surface area contributed by atoms with E-state index in [-0.39, 0.29) is 5.41 Å². The molecule has 2 atom stereocenters. The highest BCUT2D eigenvalue weighted by molar-refractivity contribution is 4.92. The number of ether oxygens (including phenoxy) is 1. The van der Waals surface area contributed by atoms with Crippen molar-refractivity contribution in [3.05, 3.63) is 0 Å². The van der Waals surface area contributed by atoms with Crippen molar-refractivity contribution in [1.29, 1.82) is 0 Å². The standard InChI is InChI=1S/C17H32N2O2/c20-11-16-5-2-1-3-9-19(16)13-17(8-4-10-21-14-17)12-18-15-6-7-15/h15-16,18,20H,1-14H2. The molecule has 1 saturated carbocycles. The predicted molar refractivity (Wildman–Crippen MR) is 84.4 cm³/mol. The maximum atomic E-state index is 9.74. The molecule has 2 N–H and O–H groups in total.